The lowest BCUT2D eigenvalue weighted by atomic mass is 10.0. The minimum atomic E-state index is -1.13. The molecule has 0 atom stereocenters. The standard InChI is InChI=1S/C18H16O6/c1-9-6-14(22-8-12-4-5-13(23-12)17(19)20)16-10(2)11(3)18(21)24-15(16)7-9/h4-7H,8H2,1-3H3,(H,19,20). The van der Waals surface area contributed by atoms with E-state index in [4.69, 9.17) is 18.7 Å². The number of aryl methyl sites for hydroxylation is 2. The summed E-state index contributed by atoms with van der Waals surface area (Å²) in [5, 5.41) is 9.60. The second-order valence-electron chi connectivity index (χ2n) is 5.64. The average molecular weight is 328 g/mol. The summed E-state index contributed by atoms with van der Waals surface area (Å²) >= 11 is 0. The summed E-state index contributed by atoms with van der Waals surface area (Å²) in [6.45, 7) is 5.49. The molecule has 0 radical (unpaired) electrons. The van der Waals surface area contributed by atoms with Crippen LogP contribution in [0.2, 0.25) is 0 Å². The fourth-order valence-corrected chi connectivity index (χ4v) is 2.52. The van der Waals surface area contributed by atoms with Gasteiger partial charge in [0.25, 0.3) is 0 Å². The molecule has 6 nitrogen and oxygen atoms in total. The number of ether oxygens (including phenoxy) is 1. The van der Waals surface area contributed by atoms with Crippen LogP contribution >= 0.6 is 0 Å². The summed E-state index contributed by atoms with van der Waals surface area (Å²) in [6.07, 6.45) is 0. The lowest BCUT2D eigenvalue weighted by Gasteiger charge is -2.12. The van der Waals surface area contributed by atoms with Crippen LogP contribution < -0.4 is 10.4 Å². The zero-order chi connectivity index (χ0) is 17.4. The molecule has 0 saturated heterocycles. The first-order valence-electron chi connectivity index (χ1n) is 7.36. The van der Waals surface area contributed by atoms with E-state index < -0.39 is 5.97 Å². The largest absolute Gasteiger partial charge is 0.485 e. The van der Waals surface area contributed by atoms with Gasteiger partial charge in [0.05, 0.1) is 5.39 Å². The lowest BCUT2D eigenvalue weighted by Crippen LogP contribution is -2.07. The molecule has 2 aromatic heterocycles. The lowest BCUT2D eigenvalue weighted by molar-refractivity contribution is 0.0658. The third kappa shape index (κ3) is 2.78. The number of fused-ring (bicyclic) bond motifs is 1. The van der Waals surface area contributed by atoms with Gasteiger partial charge >= 0.3 is 11.6 Å². The molecule has 1 N–H and O–H groups in total. The van der Waals surface area contributed by atoms with Crippen molar-refractivity contribution in [2.45, 2.75) is 27.4 Å². The van der Waals surface area contributed by atoms with E-state index >= 15 is 0 Å². The fourth-order valence-electron chi connectivity index (χ4n) is 2.52. The van der Waals surface area contributed by atoms with E-state index in [0.29, 0.717) is 22.7 Å². The van der Waals surface area contributed by atoms with Crippen molar-refractivity contribution in [2.24, 2.45) is 0 Å². The van der Waals surface area contributed by atoms with Crippen LogP contribution in [0.3, 0.4) is 0 Å². The average Bonchev–Trinajstić information content (AvgIpc) is 2.99. The maximum atomic E-state index is 11.8. The minimum absolute atomic E-state index is 0.0729. The summed E-state index contributed by atoms with van der Waals surface area (Å²) < 4.78 is 16.3. The second kappa shape index (κ2) is 5.88. The summed E-state index contributed by atoms with van der Waals surface area (Å²) in [5.41, 5.74) is 2.30. The Kier molecular flexibility index (Phi) is 3.89. The van der Waals surface area contributed by atoms with Gasteiger partial charge in [-0.2, -0.15) is 0 Å². The Morgan fingerprint density at radius 1 is 1.12 bits per heavy atom. The first-order chi connectivity index (χ1) is 11.4. The molecule has 0 aliphatic rings. The van der Waals surface area contributed by atoms with Crippen molar-refractivity contribution < 1.29 is 23.5 Å². The van der Waals surface area contributed by atoms with Crippen LogP contribution in [0.25, 0.3) is 11.0 Å². The molecular weight excluding hydrogens is 312 g/mol. The van der Waals surface area contributed by atoms with Crippen molar-refractivity contribution in [3.8, 4) is 5.75 Å². The van der Waals surface area contributed by atoms with Crippen molar-refractivity contribution >= 4 is 16.9 Å². The van der Waals surface area contributed by atoms with Gasteiger partial charge in [0.15, 0.2) is 0 Å². The number of carboxylic acid groups (broad SMARTS) is 1. The van der Waals surface area contributed by atoms with E-state index in [1.807, 2.05) is 19.9 Å². The van der Waals surface area contributed by atoms with E-state index in [1.165, 1.54) is 6.07 Å². The van der Waals surface area contributed by atoms with Gasteiger partial charge in [-0.3, -0.25) is 0 Å². The molecule has 0 aliphatic heterocycles. The molecule has 124 valence electrons. The normalized spacial score (nSPS) is 11.0. The number of benzene rings is 1. The summed E-state index contributed by atoms with van der Waals surface area (Å²) in [5.74, 6) is -0.312. The Morgan fingerprint density at radius 2 is 1.88 bits per heavy atom. The van der Waals surface area contributed by atoms with Gasteiger partial charge < -0.3 is 18.7 Å². The van der Waals surface area contributed by atoms with E-state index in [9.17, 15) is 9.59 Å². The van der Waals surface area contributed by atoms with Crippen LogP contribution in [-0.2, 0) is 6.61 Å². The van der Waals surface area contributed by atoms with E-state index in [0.717, 1.165) is 16.5 Å². The van der Waals surface area contributed by atoms with Gasteiger partial charge in [-0.05, 0) is 56.2 Å². The molecule has 6 heteroatoms. The number of carboxylic acids is 1. The van der Waals surface area contributed by atoms with Crippen LogP contribution in [-0.4, -0.2) is 11.1 Å². The molecule has 0 unspecified atom stereocenters. The monoisotopic (exact) mass is 328 g/mol. The highest BCUT2D eigenvalue weighted by atomic mass is 16.5. The van der Waals surface area contributed by atoms with Gasteiger partial charge in [-0.25, -0.2) is 9.59 Å². The van der Waals surface area contributed by atoms with Crippen molar-refractivity contribution in [3.05, 3.63) is 62.9 Å². The van der Waals surface area contributed by atoms with E-state index in [2.05, 4.69) is 0 Å². The van der Waals surface area contributed by atoms with Crippen LogP contribution in [0.1, 0.15) is 33.0 Å². The number of furan rings is 1. The molecule has 0 bridgehead atoms. The quantitative estimate of drug-likeness (QED) is 0.736. The Labute approximate surface area is 137 Å². The first kappa shape index (κ1) is 15.9. The molecular formula is C18H16O6. The Balaban J connectivity index is 2.00. The molecule has 3 rings (SSSR count). The van der Waals surface area contributed by atoms with Crippen molar-refractivity contribution in [1.82, 2.24) is 0 Å². The number of carbonyl (C=O) groups is 1. The van der Waals surface area contributed by atoms with Crippen LogP contribution in [0.15, 0.2) is 37.9 Å². The van der Waals surface area contributed by atoms with Gasteiger partial charge in [-0.15, -0.1) is 0 Å². The predicted octanol–water partition coefficient (Wildman–Crippen LogP) is 3.59. The highest BCUT2D eigenvalue weighted by molar-refractivity contribution is 5.88. The summed E-state index contributed by atoms with van der Waals surface area (Å²) in [4.78, 5) is 22.7. The Bertz CT molecular complexity index is 993. The second-order valence-corrected chi connectivity index (χ2v) is 5.64. The minimum Gasteiger partial charge on any atom is -0.485 e. The summed E-state index contributed by atoms with van der Waals surface area (Å²) in [6, 6.07) is 6.56. The summed E-state index contributed by atoms with van der Waals surface area (Å²) in [7, 11) is 0. The first-order valence-corrected chi connectivity index (χ1v) is 7.36. The smallest absolute Gasteiger partial charge is 0.371 e. The highest BCUT2D eigenvalue weighted by Crippen LogP contribution is 2.31. The molecule has 1 aromatic carbocycles. The Hall–Kier alpha value is -3.02. The van der Waals surface area contributed by atoms with Crippen molar-refractivity contribution in [1.29, 1.82) is 0 Å². The molecule has 0 aliphatic carbocycles. The molecule has 2 heterocycles. The van der Waals surface area contributed by atoms with E-state index in [1.54, 1.807) is 19.1 Å². The number of hydrogen-bond donors (Lipinski definition) is 1. The maximum absolute atomic E-state index is 11.8. The number of hydrogen-bond acceptors (Lipinski definition) is 5. The van der Waals surface area contributed by atoms with Crippen molar-refractivity contribution in [3.63, 3.8) is 0 Å². The van der Waals surface area contributed by atoms with Crippen LogP contribution in [0.5, 0.6) is 5.75 Å². The molecule has 0 amide bonds. The third-order valence-electron chi connectivity index (χ3n) is 3.90. The molecule has 0 spiro atoms. The van der Waals surface area contributed by atoms with Gasteiger partial charge in [0, 0.05) is 5.56 Å². The van der Waals surface area contributed by atoms with Gasteiger partial charge in [0.1, 0.15) is 23.7 Å². The van der Waals surface area contributed by atoms with Gasteiger partial charge in [-0.1, -0.05) is 0 Å². The van der Waals surface area contributed by atoms with E-state index in [-0.39, 0.29) is 18.0 Å². The molecule has 3 aromatic rings. The SMILES string of the molecule is Cc1cc(OCc2ccc(C(=O)O)o2)c2c(C)c(C)c(=O)oc2c1. The number of rotatable bonds is 4. The van der Waals surface area contributed by atoms with Crippen LogP contribution in [0, 0.1) is 20.8 Å². The highest BCUT2D eigenvalue weighted by Gasteiger charge is 2.15. The fraction of sp³-hybridized carbons (Fsp3) is 0.222. The van der Waals surface area contributed by atoms with Gasteiger partial charge in [0.2, 0.25) is 5.76 Å². The third-order valence-corrected chi connectivity index (χ3v) is 3.90. The topological polar surface area (TPSA) is 89.9 Å². The Morgan fingerprint density at radius 3 is 2.54 bits per heavy atom. The molecule has 24 heavy (non-hydrogen) atoms. The zero-order valence-corrected chi connectivity index (χ0v) is 13.5. The molecule has 0 saturated carbocycles. The predicted molar refractivity (Wildman–Crippen MR) is 86.7 cm³/mol. The zero-order valence-electron chi connectivity index (χ0n) is 13.5. The van der Waals surface area contributed by atoms with Crippen LogP contribution in [0.4, 0.5) is 0 Å². The molecule has 0 fully saturated rings. The number of aromatic carboxylic acids is 1. The maximum Gasteiger partial charge on any atom is 0.371 e. The van der Waals surface area contributed by atoms with Crippen molar-refractivity contribution in [2.75, 3.05) is 0 Å².